The normalized spacial score (nSPS) is 10.0. The first-order valence-electron chi connectivity index (χ1n) is 6.80. The molecule has 120 valence electrons. The van der Waals surface area contributed by atoms with Gasteiger partial charge in [0.1, 0.15) is 11.6 Å². The standard InChI is InChI=1S/C16H14BrFN2O3/c1-2-23-12-6-3-10(4-7-12)15(21)19-20-16(22)11-5-8-13(17)14(18)9-11/h3-9H,2H2,1H3,(H,19,21)(H,20,22). The zero-order valence-electron chi connectivity index (χ0n) is 12.2. The van der Waals surface area contributed by atoms with Crippen LogP contribution in [-0.2, 0) is 0 Å². The second-order valence-electron chi connectivity index (χ2n) is 4.49. The molecule has 2 rings (SSSR count). The number of halogens is 2. The van der Waals surface area contributed by atoms with Crippen molar-refractivity contribution in [2.24, 2.45) is 0 Å². The number of rotatable bonds is 4. The molecule has 7 heteroatoms. The van der Waals surface area contributed by atoms with Crippen LogP contribution in [-0.4, -0.2) is 18.4 Å². The predicted molar refractivity (Wildman–Crippen MR) is 86.6 cm³/mol. The molecule has 0 aliphatic rings. The zero-order chi connectivity index (χ0) is 16.8. The summed E-state index contributed by atoms with van der Waals surface area (Å²) >= 11 is 3.00. The third kappa shape index (κ3) is 4.53. The van der Waals surface area contributed by atoms with Gasteiger partial charge in [-0.25, -0.2) is 4.39 Å². The molecular weight excluding hydrogens is 367 g/mol. The molecule has 0 fully saturated rings. The van der Waals surface area contributed by atoms with Gasteiger partial charge in [-0.2, -0.15) is 0 Å². The number of nitrogens with one attached hydrogen (secondary N) is 2. The van der Waals surface area contributed by atoms with E-state index in [0.717, 1.165) is 6.07 Å². The number of hydrogen-bond donors (Lipinski definition) is 2. The molecule has 2 aromatic rings. The molecule has 0 heterocycles. The van der Waals surface area contributed by atoms with E-state index in [2.05, 4.69) is 26.8 Å². The Balaban J connectivity index is 1.95. The van der Waals surface area contributed by atoms with Gasteiger partial charge in [0, 0.05) is 11.1 Å². The van der Waals surface area contributed by atoms with Crippen molar-refractivity contribution in [3.05, 3.63) is 63.9 Å². The molecule has 0 spiro atoms. The summed E-state index contributed by atoms with van der Waals surface area (Å²) in [6, 6.07) is 10.4. The van der Waals surface area contributed by atoms with Crippen molar-refractivity contribution in [1.82, 2.24) is 10.9 Å². The highest BCUT2D eigenvalue weighted by atomic mass is 79.9. The summed E-state index contributed by atoms with van der Waals surface area (Å²) < 4.78 is 18.9. The summed E-state index contributed by atoms with van der Waals surface area (Å²) in [6.07, 6.45) is 0. The molecule has 0 saturated heterocycles. The van der Waals surface area contributed by atoms with Gasteiger partial charge < -0.3 is 4.74 Å². The van der Waals surface area contributed by atoms with Crippen LogP contribution in [0, 0.1) is 5.82 Å². The maximum absolute atomic E-state index is 13.4. The fourth-order valence-corrected chi connectivity index (χ4v) is 2.01. The van der Waals surface area contributed by atoms with Gasteiger partial charge in [0.25, 0.3) is 11.8 Å². The lowest BCUT2D eigenvalue weighted by molar-refractivity contribution is 0.0846. The number of carbonyl (C=O) groups is 2. The van der Waals surface area contributed by atoms with E-state index in [0.29, 0.717) is 17.9 Å². The smallest absolute Gasteiger partial charge is 0.269 e. The van der Waals surface area contributed by atoms with Crippen molar-refractivity contribution < 1.29 is 18.7 Å². The number of hydrazine groups is 1. The molecule has 23 heavy (non-hydrogen) atoms. The fourth-order valence-electron chi connectivity index (χ4n) is 1.76. The van der Waals surface area contributed by atoms with E-state index in [1.807, 2.05) is 6.92 Å². The molecule has 0 aliphatic carbocycles. The summed E-state index contributed by atoms with van der Waals surface area (Å²) in [5.74, 6) is -1.01. The van der Waals surface area contributed by atoms with Gasteiger partial charge in [-0.1, -0.05) is 0 Å². The van der Waals surface area contributed by atoms with Gasteiger partial charge >= 0.3 is 0 Å². The Morgan fingerprint density at radius 2 is 1.61 bits per heavy atom. The Morgan fingerprint density at radius 1 is 1.04 bits per heavy atom. The van der Waals surface area contributed by atoms with Crippen LogP contribution >= 0.6 is 15.9 Å². The van der Waals surface area contributed by atoms with Gasteiger partial charge in [-0.3, -0.25) is 20.4 Å². The third-order valence-electron chi connectivity index (χ3n) is 2.90. The molecule has 0 aliphatic heterocycles. The molecule has 2 N–H and O–H groups in total. The summed E-state index contributed by atoms with van der Waals surface area (Å²) in [5, 5.41) is 0. The number of amides is 2. The van der Waals surface area contributed by atoms with Crippen LogP contribution in [0.25, 0.3) is 0 Å². The van der Waals surface area contributed by atoms with Gasteiger partial charge in [-0.15, -0.1) is 0 Å². The summed E-state index contributed by atoms with van der Waals surface area (Å²) in [4.78, 5) is 23.8. The Hall–Kier alpha value is -2.41. The van der Waals surface area contributed by atoms with Gasteiger partial charge in [0.2, 0.25) is 0 Å². The van der Waals surface area contributed by atoms with E-state index < -0.39 is 17.6 Å². The second-order valence-corrected chi connectivity index (χ2v) is 5.35. The maximum Gasteiger partial charge on any atom is 0.269 e. The van der Waals surface area contributed by atoms with E-state index in [1.165, 1.54) is 12.1 Å². The van der Waals surface area contributed by atoms with Crippen LogP contribution in [0.2, 0.25) is 0 Å². The topological polar surface area (TPSA) is 67.4 Å². The van der Waals surface area contributed by atoms with E-state index in [1.54, 1.807) is 24.3 Å². The number of carbonyl (C=O) groups excluding carboxylic acids is 2. The highest BCUT2D eigenvalue weighted by Gasteiger charge is 2.11. The van der Waals surface area contributed by atoms with Crippen molar-refractivity contribution in [2.45, 2.75) is 6.92 Å². The molecule has 0 saturated carbocycles. The van der Waals surface area contributed by atoms with Crippen molar-refractivity contribution in [3.8, 4) is 5.75 Å². The maximum atomic E-state index is 13.4. The van der Waals surface area contributed by atoms with Crippen LogP contribution in [0.1, 0.15) is 27.6 Å². The average molecular weight is 381 g/mol. The first kappa shape index (κ1) is 17.0. The predicted octanol–water partition coefficient (Wildman–Crippen LogP) is 3.06. The third-order valence-corrected chi connectivity index (χ3v) is 3.54. The van der Waals surface area contributed by atoms with Gasteiger partial charge in [0.05, 0.1) is 11.1 Å². The lowest BCUT2D eigenvalue weighted by atomic mass is 10.2. The zero-order valence-corrected chi connectivity index (χ0v) is 13.8. The molecule has 5 nitrogen and oxygen atoms in total. The molecule has 0 atom stereocenters. The summed E-state index contributed by atoms with van der Waals surface area (Å²) in [6.45, 7) is 2.40. The molecular formula is C16H14BrFN2O3. The minimum absolute atomic E-state index is 0.0951. The first-order valence-corrected chi connectivity index (χ1v) is 7.59. The van der Waals surface area contributed by atoms with Crippen LogP contribution in [0.3, 0.4) is 0 Å². The van der Waals surface area contributed by atoms with Crippen molar-refractivity contribution in [1.29, 1.82) is 0 Å². The van der Waals surface area contributed by atoms with Crippen molar-refractivity contribution in [2.75, 3.05) is 6.61 Å². The van der Waals surface area contributed by atoms with Crippen molar-refractivity contribution >= 4 is 27.7 Å². The number of ether oxygens (including phenoxy) is 1. The minimum atomic E-state index is -0.615. The fraction of sp³-hybridized carbons (Fsp3) is 0.125. The molecule has 0 radical (unpaired) electrons. The van der Waals surface area contributed by atoms with Crippen LogP contribution in [0.5, 0.6) is 5.75 Å². The van der Waals surface area contributed by atoms with E-state index in [9.17, 15) is 14.0 Å². The molecule has 0 bridgehead atoms. The Morgan fingerprint density at radius 3 is 2.17 bits per heavy atom. The molecule has 0 unspecified atom stereocenters. The highest BCUT2D eigenvalue weighted by Crippen LogP contribution is 2.16. The van der Waals surface area contributed by atoms with Crippen molar-refractivity contribution in [3.63, 3.8) is 0 Å². The largest absolute Gasteiger partial charge is 0.494 e. The van der Waals surface area contributed by atoms with Crippen LogP contribution < -0.4 is 15.6 Å². The Kier molecular flexibility index (Phi) is 5.70. The first-order chi connectivity index (χ1) is 11.0. The molecule has 2 aromatic carbocycles. The highest BCUT2D eigenvalue weighted by molar-refractivity contribution is 9.10. The molecule has 2 amide bonds. The summed E-state index contributed by atoms with van der Waals surface area (Å²) in [5.41, 5.74) is 4.95. The lowest BCUT2D eigenvalue weighted by Crippen LogP contribution is -2.41. The SMILES string of the molecule is CCOc1ccc(C(=O)NNC(=O)c2ccc(Br)c(F)c2)cc1. The Labute approximate surface area is 140 Å². The van der Waals surface area contributed by atoms with E-state index in [4.69, 9.17) is 4.74 Å². The van der Waals surface area contributed by atoms with Gasteiger partial charge in [-0.05, 0) is 65.3 Å². The van der Waals surface area contributed by atoms with E-state index in [-0.39, 0.29) is 10.0 Å². The average Bonchev–Trinajstić information content (AvgIpc) is 2.56. The van der Waals surface area contributed by atoms with Crippen LogP contribution in [0.15, 0.2) is 46.9 Å². The summed E-state index contributed by atoms with van der Waals surface area (Å²) in [7, 11) is 0. The minimum Gasteiger partial charge on any atom is -0.494 e. The quantitative estimate of drug-likeness (QED) is 0.800. The second kappa shape index (κ2) is 7.73. The Bertz CT molecular complexity index is 720. The molecule has 0 aromatic heterocycles. The number of hydrogen-bond acceptors (Lipinski definition) is 3. The van der Waals surface area contributed by atoms with Gasteiger partial charge in [0.15, 0.2) is 0 Å². The monoisotopic (exact) mass is 380 g/mol. The van der Waals surface area contributed by atoms with Crippen LogP contribution in [0.4, 0.5) is 4.39 Å². The van der Waals surface area contributed by atoms with E-state index >= 15 is 0 Å². The number of benzene rings is 2. The lowest BCUT2D eigenvalue weighted by Gasteiger charge is -2.08.